The third kappa shape index (κ3) is 1.84. The molecule has 1 amide bonds. The van der Waals surface area contributed by atoms with Gasteiger partial charge in [-0.05, 0) is 0 Å². The number of carbonyl (C=O) groups excluding carboxylic acids is 1. The van der Waals surface area contributed by atoms with E-state index < -0.39 is 6.09 Å². The molecule has 1 saturated heterocycles. The average Bonchev–Trinajstić information content (AvgIpc) is 2.13. The van der Waals surface area contributed by atoms with Crippen molar-refractivity contribution in [1.29, 1.82) is 0 Å². The minimum absolute atomic E-state index is 0.162. The topological polar surface area (TPSA) is 64.4 Å². The van der Waals surface area contributed by atoms with Gasteiger partial charge in [0.1, 0.15) is 6.10 Å². The predicted molar refractivity (Wildman–Crippen MR) is 39.7 cm³/mol. The molecule has 0 aliphatic carbocycles. The lowest BCUT2D eigenvalue weighted by Gasteiger charge is -2.05. The van der Waals surface area contributed by atoms with E-state index in [1.165, 1.54) is 0 Å². The molecule has 1 heterocycles. The number of hydrogen-bond donors (Lipinski definition) is 2. The Morgan fingerprint density at radius 3 is 3.00 bits per heavy atom. The van der Waals surface area contributed by atoms with E-state index in [1.54, 1.807) is 0 Å². The molecule has 0 spiro atoms. The highest BCUT2D eigenvalue weighted by atomic mass is 32.1. The van der Waals surface area contributed by atoms with Gasteiger partial charge in [0.05, 0.1) is 11.5 Å². The Kier molecular flexibility index (Phi) is 2.06. The van der Waals surface area contributed by atoms with Crippen LogP contribution in [0, 0.1) is 0 Å². The first-order chi connectivity index (χ1) is 4.68. The number of ether oxygens (including phenoxy) is 1. The molecule has 1 atom stereocenters. The van der Waals surface area contributed by atoms with Gasteiger partial charge in [0.15, 0.2) is 0 Å². The summed E-state index contributed by atoms with van der Waals surface area (Å²) in [6.07, 6.45) is -0.306. The highest BCUT2D eigenvalue weighted by molar-refractivity contribution is 7.80. The van der Waals surface area contributed by atoms with Crippen LogP contribution in [0.5, 0.6) is 0 Å². The van der Waals surface area contributed by atoms with Gasteiger partial charge in [0, 0.05) is 6.42 Å². The van der Waals surface area contributed by atoms with Gasteiger partial charge in [0.25, 0.3) is 0 Å². The molecule has 0 radical (unpaired) electrons. The van der Waals surface area contributed by atoms with Crippen molar-refractivity contribution >= 4 is 23.3 Å². The first kappa shape index (κ1) is 7.27. The summed E-state index contributed by atoms with van der Waals surface area (Å²) in [4.78, 5) is 10.9. The Morgan fingerprint density at radius 1 is 1.90 bits per heavy atom. The van der Waals surface area contributed by atoms with Crippen LogP contribution in [-0.2, 0) is 4.74 Å². The maximum Gasteiger partial charge on any atom is 0.404 e. The number of amides is 1. The monoisotopic (exact) mass is 160 g/mol. The zero-order chi connectivity index (χ0) is 7.56. The predicted octanol–water partition coefficient (Wildman–Crippen LogP) is -0.229. The molecule has 4 nitrogen and oxygen atoms in total. The highest BCUT2D eigenvalue weighted by Gasteiger charge is 2.20. The van der Waals surface area contributed by atoms with E-state index in [-0.39, 0.29) is 6.10 Å². The molecule has 3 N–H and O–H groups in total. The lowest BCUT2D eigenvalue weighted by molar-refractivity contribution is 0.118. The van der Waals surface area contributed by atoms with Crippen molar-refractivity contribution in [2.75, 3.05) is 6.54 Å². The zero-order valence-electron chi connectivity index (χ0n) is 5.29. The third-order valence-corrected chi connectivity index (χ3v) is 1.53. The first-order valence-electron chi connectivity index (χ1n) is 2.91. The van der Waals surface area contributed by atoms with Crippen LogP contribution in [0.25, 0.3) is 0 Å². The minimum atomic E-state index is -0.739. The van der Waals surface area contributed by atoms with Gasteiger partial charge in [-0.15, -0.1) is 0 Å². The second-order valence-electron chi connectivity index (χ2n) is 2.07. The van der Waals surface area contributed by atoms with Crippen molar-refractivity contribution in [2.45, 2.75) is 12.5 Å². The fourth-order valence-electron chi connectivity index (χ4n) is 0.826. The number of primary amides is 1. The number of hydrogen-bond acceptors (Lipinski definition) is 3. The van der Waals surface area contributed by atoms with Crippen molar-refractivity contribution < 1.29 is 9.53 Å². The summed E-state index contributed by atoms with van der Waals surface area (Å²) < 4.78 is 4.67. The van der Waals surface area contributed by atoms with Crippen molar-refractivity contribution in [1.82, 2.24) is 5.32 Å². The molecule has 1 rings (SSSR count). The van der Waals surface area contributed by atoms with E-state index in [0.29, 0.717) is 13.0 Å². The molecule has 1 aliphatic rings. The normalized spacial score (nSPS) is 24.0. The SMILES string of the molecule is NC(=O)OC1CNC(=S)C1. The summed E-state index contributed by atoms with van der Waals surface area (Å²) in [6.45, 7) is 0.585. The second kappa shape index (κ2) is 2.83. The Morgan fingerprint density at radius 2 is 2.60 bits per heavy atom. The molecule has 5 heteroatoms. The van der Waals surface area contributed by atoms with Crippen LogP contribution in [-0.4, -0.2) is 23.7 Å². The molecular weight excluding hydrogens is 152 g/mol. The molecule has 1 unspecified atom stereocenters. The second-order valence-corrected chi connectivity index (χ2v) is 2.56. The molecule has 0 aromatic heterocycles. The van der Waals surface area contributed by atoms with Crippen LogP contribution < -0.4 is 11.1 Å². The Balaban J connectivity index is 2.31. The maximum atomic E-state index is 10.2. The quantitative estimate of drug-likeness (QED) is 0.520. The molecule has 0 aromatic rings. The third-order valence-electron chi connectivity index (χ3n) is 1.22. The molecule has 1 fully saturated rings. The highest BCUT2D eigenvalue weighted by Crippen LogP contribution is 2.04. The van der Waals surface area contributed by atoms with E-state index in [2.05, 4.69) is 10.1 Å². The first-order valence-corrected chi connectivity index (χ1v) is 3.32. The number of nitrogens with two attached hydrogens (primary N) is 1. The summed E-state index contributed by atoms with van der Waals surface area (Å²) in [5.41, 5.74) is 4.79. The Labute approximate surface area is 63.7 Å². The van der Waals surface area contributed by atoms with E-state index in [1.807, 2.05) is 0 Å². The fraction of sp³-hybridized carbons (Fsp3) is 0.600. The van der Waals surface area contributed by atoms with E-state index in [4.69, 9.17) is 18.0 Å². The summed E-state index contributed by atoms with van der Waals surface area (Å²) in [6, 6.07) is 0. The van der Waals surface area contributed by atoms with Gasteiger partial charge < -0.3 is 15.8 Å². The lowest BCUT2D eigenvalue weighted by atomic mass is 10.3. The molecular formula is C5H8N2O2S. The molecule has 10 heavy (non-hydrogen) atoms. The van der Waals surface area contributed by atoms with Gasteiger partial charge in [-0.1, -0.05) is 12.2 Å². The summed E-state index contributed by atoms with van der Waals surface area (Å²) in [5, 5.41) is 2.87. The van der Waals surface area contributed by atoms with Crippen LogP contribution in [0.15, 0.2) is 0 Å². The average molecular weight is 160 g/mol. The van der Waals surface area contributed by atoms with Crippen molar-refractivity contribution in [3.8, 4) is 0 Å². The summed E-state index contributed by atoms with van der Waals surface area (Å²) in [5.74, 6) is 0. The van der Waals surface area contributed by atoms with Crippen molar-refractivity contribution in [3.63, 3.8) is 0 Å². The van der Waals surface area contributed by atoms with Crippen LogP contribution in [0.2, 0.25) is 0 Å². The van der Waals surface area contributed by atoms with E-state index >= 15 is 0 Å². The molecule has 0 bridgehead atoms. The minimum Gasteiger partial charge on any atom is -0.444 e. The van der Waals surface area contributed by atoms with E-state index in [0.717, 1.165) is 4.99 Å². The largest absolute Gasteiger partial charge is 0.444 e. The lowest BCUT2D eigenvalue weighted by Crippen LogP contribution is -2.24. The van der Waals surface area contributed by atoms with Gasteiger partial charge in [-0.25, -0.2) is 4.79 Å². The standard InChI is InChI=1S/C5H8N2O2S/c6-5(8)9-3-1-4(10)7-2-3/h3H,1-2H2,(H2,6,8)(H,7,10). The molecule has 56 valence electrons. The number of nitrogens with one attached hydrogen (secondary N) is 1. The summed E-state index contributed by atoms with van der Waals surface area (Å²) in [7, 11) is 0. The van der Waals surface area contributed by atoms with Crippen molar-refractivity contribution in [3.05, 3.63) is 0 Å². The Bertz CT molecular complexity index is 171. The number of rotatable bonds is 1. The molecule has 0 aromatic carbocycles. The van der Waals surface area contributed by atoms with Crippen LogP contribution in [0.3, 0.4) is 0 Å². The van der Waals surface area contributed by atoms with Crippen LogP contribution in [0.4, 0.5) is 4.79 Å². The van der Waals surface area contributed by atoms with Gasteiger partial charge in [-0.2, -0.15) is 0 Å². The van der Waals surface area contributed by atoms with Crippen molar-refractivity contribution in [2.24, 2.45) is 5.73 Å². The number of thiocarbonyl (C=S) groups is 1. The smallest absolute Gasteiger partial charge is 0.404 e. The van der Waals surface area contributed by atoms with Gasteiger partial charge in [0.2, 0.25) is 0 Å². The number of carbonyl (C=O) groups is 1. The van der Waals surface area contributed by atoms with Gasteiger partial charge in [-0.3, -0.25) is 0 Å². The van der Waals surface area contributed by atoms with Gasteiger partial charge >= 0.3 is 6.09 Å². The maximum absolute atomic E-state index is 10.2. The zero-order valence-corrected chi connectivity index (χ0v) is 6.11. The fourth-order valence-corrected chi connectivity index (χ4v) is 1.10. The van der Waals surface area contributed by atoms with Crippen LogP contribution >= 0.6 is 12.2 Å². The summed E-state index contributed by atoms with van der Waals surface area (Å²) >= 11 is 4.81. The van der Waals surface area contributed by atoms with E-state index in [9.17, 15) is 4.79 Å². The molecule has 0 saturated carbocycles. The molecule has 1 aliphatic heterocycles. The Hall–Kier alpha value is -0.840. The van der Waals surface area contributed by atoms with Crippen LogP contribution in [0.1, 0.15) is 6.42 Å².